The summed E-state index contributed by atoms with van der Waals surface area (Å²) in [6.45, 7) is 4.27. The van der Waals surface area contributed by atoms with E-state index >= 15 is 0 Å². The minimum Gasteiger partial charge on any atom is -0.277 e. The molecule has 1 aliphatic carbocycles. The van der Waals surface area contributed by atoms with Crippen LogP contribution in [0.5, 0.6) is 0 Å². The number of fused-ring (bicyclic) bond motifs is 1. The third kappa shape index (κ3) is 1.19. The number of rotatable bonds is 2. The van der Waals surface area contributed by atoms with Crippen LogP contribution in [0.3, 0.4) is 0 Å². The standard InChI is InChI=1S/C15H17NO2/c1-14-8-9-15(14,2)13(18)16(12(14)17)10-11-6-4-3-5-7-11/h3-7H,8-10H2,1-2H3/t14-,15+. The van der Waals surface area contributed by atoms with Crippen molar-refractivity contribution in [2.45, 2.75) is 33.2 Å². The molecule has 3 nitrogen and oxygen atoms in total. The maximum atomic E-state index is 12.4. The Morgan fingerprint density at radius 3 is 1.94 bits per heavy atom. The maximum Gasteiger partial charge on any atom is 0.236 e. The Kier molecular flexibility index (Phi) is 2.19. The van der Waals surface area contributed by atoms with Gasteiger partial charge in [0.05, 0.1) is 17.4 Å². The van der Waals surface area contributed by atoms with E-state index in [9.17, 15) is 9.59 Å². The van der Waals surface area contributed by atoms with Crippen LogP contribution >= 0.6 is 0 Å². The van der Waals surface area contributed by atoms with Crippen LogP contribution in [0.2, 0.25) is 0 Å². The number of carbonyl (C=O) groups excluding carboxylic acids is 2. The average Bonchev–Trinajstić information content (AvgIpc) is 2.48. The van der Waals surface area contributed by atoms with E-state index in [1.54, 1.807) is 0 Å². The normalized spacial score (nSPS) is 34.4. The van der Waals surface area contributed by atoms with Gasteiger partial charge >= 0.3 is 0 Å². The Morgan fingerprint density at radius 1 is 1.00 bits per heavy atom. The zero-order valence-electron chi connectivity index (χ0n) is 10.8. The Hall–Kier alpha value is -1.64. The molecule has 0 N–H and O–H groups in total. The number of carbonyl (C=O) groups is 2. The number of amides is 2. The van der Waals surface area contributed by atoms with Gasteiger partial charge in [0.1, 0.15) is 0 Å². The molecule has 94 valence electrons. The van der Waals surface area contributed by atoms with Crippen molar-refractivity contribution in [2.75, 3.05) is 0 Å². The number of benzene rings is 1. The Labute approximate surface area is 107 Å². The Bertz CT molecular complexity index is 497. The van der Waals surface area contributed by atoms with Crippen LogP contribution in [0.25, 0.3) is 0 Å². The number of imide groups is 1. The second-order valence-corrected chi connectivity index (χ2v) is 5.85. The van der Waals surface area contributed by atoms with Crippen molar-refractivity contribution in [3.63, 3.8) is 0 Å². The first-order chi connectivity index (χ1) is 8.49. The van der Waals surface area contributed by atoms with Crippen LogP contribution in [-0.2, 0) is 16.1 Å². The van der Waals surface area contributed by atoms with Gasteiger partial charge in [0.2, 0.25) is 11.8 Å². The maximum absolute atomic E-state index is 12.4. The zero-order valence-corrected chi connectivity index (χ0v) is 10.8. The molecule has 2 amide bonds. The van der Waals surface area contributed by atoms with Crippen LogP contribution < -0.4 is 0 Å². The van der Waals surface area contributed by atoms with E-state index in [4.69, 9.17) is 0 Å². The van der Waals surface area contributed by atoms with E-state index in [1.165, 1.54) is 4.90 Å². The van der Waals surface area contributed by atoms with Crippen molar-refractivity contribution in [3.05, 3.63) is 35.9 Å². The molecule has 1 aromatic carbocycles. The van der Waals surface area contributed by atoms with Gasteiger partial charge in [-0.25, -0.2) is 0 Å². The van der Waals surface area contributed by atoms with E-state index in [-0.39, 0.29) is 11.8 Å². The van der Waals surface area contributed by atoms with E-state index in [0.717, 1.165) is 18.4 Å². The summed E-state index contributed by atoms with van der Waals surface area (Å²) in [5.74, 6) is 0.00945. The topological polar surface area (TPSA) is 37.4 Å². The smallest absolute Gasteiger partial charge is 0.236 e. The first-order valence-corrected chi connectivity index (χ1v) is 6.39. The monoisotopic (exact) mass is 243 g/mol. The summed E-state index contributed by atoms with van der Waals surface area (Å²) < 4.78 is 0. The van der Waals surface area contributed by atoms with Crippen LogP contribution in [0.4, 0.5) is 0 Å². The van der Waals surface area contributed by atoms with Gasteiger partial charge in [-0.3, -0.25) is 14.5 Å². The molecule has 0 radical (unpaired) electrons. The van der Waals surface area contributed by atoms with Gasteiger partial charge in [0.15, 0.2) is 0 Å². The summed E-state index contributed by atoms with van der Waals surface area (Å²) in [5.41, 5.74) is 0.0882. The Morgan fingerprint density at radius 2 is 1.50 bits per heavy atom. The van der Waals surface area contributed by atoms with Crippen molar-refractivity contribution in [3.8, 4) is 0 Å². The molecule has 2 aliphatic rings. The van der Waals surface area contributed by atoms with Crippen molar-refractivity contribution >= 4 is 11.8 Å². The molecule has 3 heteroatoms. The van der Waals surface area contributed by atoms with E-state index in [2.05, 4.69) is 0 Å². The molecule has 1 aliphatic heterocycles. The minimum absolute atomic E-state index is 0.00473. The van der Waals surface area contributed by atoms with E-state index < -0.39 is 10.8 Å². The predicted octanol–water partition coefficient (Wildman–Crippen LogP) is 2.36. The molecule has 1 aromatic rings. The highest BCUT2D eigenvalue weighted by molar-refractivity contribution is 6.10. The highest BCUT2D eigenvalue weighted by Gasteiger charge is 2.69. The molecule has 2 fully saturated rings. The van der Waals surface area contributed by atoms with Crippen LogP contribution in [-0.4, -0.2) is 16.7 Å². The largest absolute Gasteiger partial charge is 0.277 e. The lowest BCUT2D eigenvalue weighted by atomic mass is 9.52. The summed E-state index contributed by atoms with van der Waals surface area (Å²) in [4.78, 5) is 26.3. The molecule has 1 saturated carbocycles. The minimum atomic E-state index is -0.459. The van der Waals surface area contributed by atoms with Crippen molar-refractivity contribution < 1.29 is 9.59 Å². The zero-order chi connectivity index (χ0) is 13.0. The van der Waals surface area contributed by atoms with Gasteiger partial charge in [-0.2, -0.15) is 0 Å². The summed E-state index contributed by atoms with van der Waals surface area (Å²) in [6.07, 6.45) is 1.67. The third-order valence-corrected chi connectivity index (χ3v) is 4.96. The molecule has 0 aromatic heterocycles. The van der Waals surface area contributed by atoms with Crippen molar-refractivity contribution in [2.24, 2.45) is 10.8 Å². The predicted molar refractivity (Wildman–Crippen MR) is 67.4 cm³/mol. The van der Waals surface area contributed by atoms with Gasteiger partial charge in [-0.1, -0.05) is 30.3 Å². The molecule has 1 saturated heterocycles. The molecule has 3 rings (SSSR count). The first-order valence-electron chi connectivity index (χ1n) is 6.39. The van der Waals surface area contributed by atoms with Gasteiger partial charge in [0, 0.05) is 0 Å². The van der Waals surface area contributed by atoms with Gasteiger partial charge in [-0.05, 0) is 32.3 Å². The highest BCUT2D eigenvalue weighted by Crippen LogP contribution is 2.62. The van der Waals surface area contributed by atoms with Gasteiger partial charge < -0.3 is 0 Å². The molecule has 1 heterocycles. The second-order valence-electron chi connectivity index (χ2n) is 5.85. The van der Waals surface area contributed by atoms with Crippen molar-refractivity contribution in [1.29, 1.82) is 0 Å². The van der Waals surface area contributed by atoms with Gasteiger partial charge in [-0.15, -0.1) is 0 Å². The molecule has 2 atom stereocenters. The summed E-state index contributed by atoms with van der Waals surface area (Å²) in [6, 6.07) is 9.69. The van der Waals surface area contributed by atoms with E-state index in [0.29, 0.717) is 6.54 Å². The van der Waals surface area contributed by atoms with Gasteiger partial charge in [0.25, 0.3) is 0 Å². The molecule has 18 heavy (non-hydrogen) atoms. The van der Waals surface area contributed by atoms with Crippen molar-refractivity contribution in [1.82, 2.24) is 4.90 Å². The van der Waals surface area contributed by atoms with Crippen LogP contribution in [0.1, 0.15) is 32.3 Å². The lowest BCUT2D eigenvalue weighted by molar-refractivity contribution is -0.145. The number of hydrogen-bond acceptors (Lipinski definition) is 2. The van der Waals surface area contributed by atoms with E-state index in [1.807, 2.05) is 44.2 Å². The summed E-state index contributed by atoms with van der Waals surface area (Å²) in [7, 11) is 0. The fraction of sp³-hybridized carbons (Fsp3) is 0.467. The number of likely N-dealkylation sites (tertiary alicyclic amines) is 1. The first kappa shape index (κ1) is 11.5. The molecule has 0 spiro atoms. The fourth-order valence-electron chi connectivity index (χ4n) is 3.16. The number of hydrogen-bond donors (Lipinski definition) is 0. The molecular formula is C15H17NO2. The van der Waals surface area contributed by atoms with Crippen LogP contribution in [0.15, 0.2) is 30.3 Å². The summed E-state index contributed by atoms with van der Waals surface area (Å²) >= 11 is 0. The molecule has 0 unspecified atom stereocenters. The average molecular weight is 243 g/mol. The Balaban J connectivity index is 1.91. The second kappa shape index (κ2) is 3.44. The molecule has 0 bridgehead atoms. The molecular weight excluding hydrogens is 226 g/mol. The lowest BCUT2D eigenvalue weighted by Crippen LogP contribution is -2.49. The number of nitrogens with zero attached hydrogens (tertiary/aromatic N) is 1. The van der Waals surface area contributed by atoms with Crippen LogP contribution in [0, 0.1) is 10.8 Å². The lowest BCUT2D eigenvalue weighted by Gasteiger charge is -2.46. The fourth-order valence-corrected chi connectivity index (χ4v) is 3.16. The third-order valence-electron chi connectivity index (χ3n) is 4.96. The summed E-state index contributed by atoms with van der Waals surface area (Å²) in [5, 5.41) is 0. The quantitative estimate of drug-likeness (QED) is 0.748. The SMILES string of the molecule is C[C@@]12CC[C@]1(C)C(=O)N(Cc1ccccc1)C2=O. The highest BCUT2D eigenvalue weighted by atomic mass is 16.2.